The van der Waals surface area contributed by atoms with Gasteiger partial charge in [-0.3, -0.25) is 0 Å². The number of ether oxygens (including phenoxy) is 3. The lowest BCUT2D eigenvalue weighted by Crippen LogP contribution is -2.37. The van der Waals surface area contributed by atoms with Crippen LogP contribution in [0.4, 0.5) is 5.82 Å². The van der Waals surface area contributed by atoms with Gasteiger partial charge in [0.2, 0.25) is 5.90 Å². The Bertz CT molecular complexity index is 1290. The average molecular weight is 505 g/mol. The van der Waals surface area contributed by atoms with Gasteiger partial charge >= 0.3 is 5.97 Å². The van der Waals surface area contributed by atoms with Crippen molar-refractivity contribution in [2.75, 3.05) is 44.9 Å². The highest BCUT2D eigenvalue weighted by Crippen LogP contribution is 2.36. The van der Waals surface area contributed by atoms with Gasteiger partial charge in [0.1, 0.15) is 11.4 Å². The van der Waals surface area contributed by atoms with Crippen molar-refractivity contribution in [2.45, 2.75) is 40.0 Å². The first-order valence-electron chi connectivity index (χ1n) is 13.0. The molecule has 0 radical (unpaired) electrons. The molecule has 1 aliphatic rings. The minimum Gasteiger partial charge on any atom is -0.480 e. The third-order valence-corrected chi connectivity index (χ3v) is 6.44. The van der Waals surface area contributed by atoms with Gasteiger partial charge in [0.25, 0.3) is 0 Å². The molecule has 0 saturated carbocycles. The summed E-state index contributed by atoms with van der Waals surface area (Å²) in [6.45, 7) is 13.0. The molecule has 0 unspecified atom stereocenters. The first-order chi connectivity index (χ1) is 18.0. The number of aromatic nitrogens is 2. The molecular formula is C29H36N4O4. The van der Waals surface area contributed by atoms with Gasteiger partial charge in [0.15, 0.2) is 0 Å². The van der Waals surface area contributed by atoms with Gasteiger partial charge in [-0.1, -0.05) is 57.2 Å². The number of nitrogens with zero attached hydrogens (tertiary/aromatic N) is 4. The number of carbonyl (C=O) groups excluding carboxylic acids is 1. The monoisotopic (exact) mass is 504 g/mol. The third-order valence-electron chi connectivity index (χ3n) is 6.44. The molecule has 8 nitrogen and oxygen atoms in total. The van der Waals surface area contributed by atoms with E-state index in [0.29, 0.717) is 54.3 Å². The average Bonchev–Trinajstić information content (AvgIpc) is 3.26. The predicted octanol–water partition coefficient (Wildman–Crippen LogP) is 5.28. The summed E-state index contributed by atoms with van der Waals surface area (Å²) in [4.78, 5) is 20.5. The van der Waals surface area contributed by atoms with Crippen LogP contribution in [0.25, 0.3) is 16.6 Å². The molecule has 37 heavy (non-hydrogen) atoms. The van der Waals surface area contributed by atoms with Gasteiger partial charge in [0.05, 0.1) is 43.7 Å². The Morgan fingerprint density at radius 1 is 1.14 bits per heavy atom. The van der Waals surface area contributed by atoms with Crippen molar-refractivity contribution in [3.05, 3.63) is 65.5 Å². The van der Waals surface area contributed by atoms with Gasteiger partial charge in [-0.2, -0.15) is 0 Å². The van der Waals surface area contributed by atoms with Crippen molar-refractivity contribution in [1.82, 2.24) is 9.61 Å². The number of fused-ring (bicyclic) bond motifs is 1. The van der Waals surface area contributed by atoms with E-state index in [4.69, 9.17) is 19.3 Å². The standard InChI is InChI=1S/C29H36N4O4/c1-6-12-23-25(28(35-5)30-20(4)7-2)26(29(34)37-8-3)27-22(21-13-10-9-11-14-21)19-24(31-33(23)27)32-15-17-36-18-16-32/h9-11,13-14,19H,4,6-8,12,15-18H2,1-3,5H3. The summed E-state index contributed by atoms with van der Waals surface area (Å²) >= 11 is 0. The number of aryl methyl sites for hydroxylation is 1. The number of methoxy groups -OCH3 is 1. The molecule has 2 aromatic heterocycles. The molecule has 3 aromatic rings. The number of aliphatic imine (C=N–C) groups is 1. The minimum absolute atomic E-state index is 0.250. The Balaban J connectivity index is 2.14. The van der Waals surface area contributed by atoms with E-state index >= 15 is 0 Å². The molecule has 0 bridgehead atoms. The molecule has 0 amide bonds. The van der Waals surface area contributed by atoms with Gasteiger partial charge < -0.3 is 19.1 Å². The fourth-order valence-electron chi connectivity index (χ4n) is 4.61. The lowest BCUT2D eigenvalue weighted by molar-refractivity contribution is 0.0528. The molecule has 1 aliphatic heterocycles. The van der Waals surface area contributed by atoms with E-state index in [9.17, 15) is 4.79 Å². The molecule has 1 saturated heterocycles. The lowest BCUT2D eigenvalue weighted by atomic mass is 10.0. The summed E-state index contributed by atoms with van der Waals surface area (Å²) < 4.78 is 18.9. The molecule has 3 heterocycles. The summed E-state index contributed by atoms with van der Waals surface area (Å²) in [5.74, 6) is 0.746. The molecular weight excluding hydrogens is 468 g/mol. The van der Waals surface area contributed by atoms with Crippen molar-refractivity contribution in [1.29, 1.82) is 0 Å². The Hall–Kier alpha value is -3.65. The molecule has 4 rings (SSSR count). The summed E-state index contributed by atoms with van der Waals surface area (Å²) in [5.41, 5.74) is 5.11. The molecule has 1 aromatic carbocycles. The Morgan fingerprint density at radius 2 is 1.86 bits per heavy atom. The first kappa shape index (κ1) is 26.4. The number of anilines is 1. The Morgan fingerprint density at radius 3 is 2.49 bits per heavy atom. The quantitative estimate of drug-likeness (QED) is 0.224. The fourth-order valence-corrected chi connectivity index (χ4v) is 4.61. The van der Waals surface area contributed by atoms with Crippen molar-refractivity contribution >= 4 is 23.2 Å². The number of benzene rings is 1. The third kappa shape index (κ3) is 5.39. The number of morpholine rings is 1. The van der Waals surface area contributed by atoms with Gasteiger partial charge in [-0.15, -0.1) is 5.10 Å². The van der Waals surface area contributed by atoms with Crippen LogP contribution < -0.4 is 4.90 Å². The number of hydrogen-bond acceptors (Lipinski definition) is 7. The maximum Gasteiger partial charge on any atom is 0.341 e. The Kier molecular flexibility index (Phi) is 8.61. The van der Waals surface area contributed by atoms with E-state index < -0.39 is 5.97 Å². The van der Waals surface area contributed by atoms with Crippen LogP contribution in [0.15, 0.2) is 53.7 Å². The highest BCUT2D eigenvalue weighted by Gasteiger charge is 2.32. The minimum atomic E-state index is -0.428. The molecule has 8 heteroatoms. The number of allylic oxidation sites excluding steroid dienone is 1. The van der Waals surface area contributed by atoms with Crippen LogP contribution in [0.3, 0.4) is 0 Å². The van der Waals surface area contributed by atoms with Crippen molar-refractivity contribution in [2.24, 2.45) is 4.99 Å². The zero-order valence-corrected chi connectivity index (χ0v) is 22.2. The maximum absolute atomic E-state index is 13.6. The summed E-state index contributed by atoms with van der Waals surface area (Å²) in [7, 11) is 1.57. The second kappa shape index (κ2) is 12.1. The van der Waals surface area contributed by atoms with E-state index in [-0.39, 0.29) is 6.61 Å². The zero-order chi connectivity index (χ0) is 26.4. The van der Waals surface area contributed by atoms with E-state index in [1.54, 1.807) is 14.0 Å². The van der Waals surface area contributed by atoms with Crippen LogP contribution in [-0.2, 0) is 20.6 Å². The van der Waals surface area contributed by atoms with Crippen molar-refractivity contribution < 1.29 is 19.0 Å². The molecule has 0 spiro atoms. The first-order valence-corrected chi connectivity index (χ1v) is 13.0. The highest BCUT2D eigenvalue weighted by atomic mass is 16.5. The Labute approximate surface area is 218 Å². The second-order valence-electron chi connectivity index (χ2n) is 8.85. The van der Waals surface area contributed by atoms with Crippen LogP contribution in [0.1, 0.15) is 55.2 Å². The zero-order valence-electron chi connectivity index (χ0n) is 22.2. The lowest BCUT2D eigenvalue weighted by Gasteiger charge is -2.28. The van der Waals surface area contributed by atoms with Gasteiger partial charge in [0, 0.05) is 24.4 Å². The summed E-state index contributed by atoms with van der Waals surface area (Å²) in [6, 6.07) is 12.1. The van der Waals surface area contributed by atoms with E-state index in [1.165, 1.54) is 0 Å². The molecule has 0 N–H and O–H groups in total. The number of carbonyl (C=O) groups is 1. The largest absolute Gasteiger partial charge is 0.480 e. The van der Waals surface area contributed by atoms with Crippen LogP contribution in [0.2, 0.25) is 0 Å². The molecule has 0 atom stereocenters. The number of rotatable bonds is 9. The van der Waals surface area contributed by atoms with Crippen LogP contribution >= 0.6 is 0 Å². The highest BCUT2D eigenvalue weighted by molar-refractivity contribution is 6.13. The molecule has 0 aliphatic carbocycles. The van der Waals surface area contributed by atoms with E-state index in [1.807, 2.05) is 41.8 Å². The van der Waals surface area contributed by atoms with Crippen molar-refractivity contribution in [3.8, 4) is 11.1 Å². The fraction of sp³-hybridized carbons (Fsp3) is 0.414. The van der Waals surface area contributed by atoms with E-state index in [0.717, 1.165) is 42.1 Å². The maximum atomic E-state index is 13.6. The predicted molar refractivity (Wildman–Crippen MR) is 147 cm³/mol. The summed E-state index contributed by atoms with van der Waals surface area (Å²) in [6.07, 6.45) is 2.18. The normalized spacial score (nSPS) is 14.2. The van der Waals surface area contributed by atoms with Crippen LogP contribution in [0, 0.1) is 0 Å². The smallest absolute Gasteiger partial charge is 0.341 e. The molecule has 1 fully saturated rings. The summed E-state index contributed by atoms with van der Waals surface area (Å²) in [5, 5.41) is 5.09. The van der Waals surface area contributed by atoms with Gasteiger partial charge in [-0.25, -0.2) is 14.3 Å². The number of hydrogen-bond donors (Lipinski definition) is 0. The second-order valence-corrected chi connectivity index (χ2v) is 8.85. The van der Waals surface area contributed by atoms with Gasteiger partial charge in [-0.05, 0) is 31.4 Å². The topological polar surface area (TPSA) is 77.7 Å². The van der Waals surface area contributed by atoms with Crippen molar-refractivity contribution in [3.63, 3.8) is 0 Å². The van der Waals surface area contributed by atoms with Crippen LogP contribution in [0.5, 0.6) is 0 Å². The van der Waals surface area contributed by atoms with Crippen LogP contribution in [-0.4, -0.2) is 61.5 Å². The van der Waals surface area contributed by atoms with E-state index in [2.05, 4.69) is 29.5 Å². The SMILES string of the molecule is C=C(CC)N=C(OC)c1c(C(=O)OCC)c2c(-c3ccccc3)cc(N3CCOCC3)nn2c1CCC. The molecule has 196 valence electrons. The number of esters is 1.